The van der Waals surface area contributed by atoms with E-state index in [2.05, 4.69) is 39.6 Å². The predicted molar refractivity (Wildman–Crippen MR) is 84.0 cm³/mol. The molecular formula is C14H30P2. The first-order valence-electron chi connectivity index (χ1n) is 6.85. The standard InChI is InChI=1S/C14H30P2/c1-5-9-13(3)15-11-7-8-12-16-14(4)10-6-2/h7,11,13-16H,5-6,8-10,12H2,1-4H3. The fourth-order valence-corrected chi connectivity index (χ4v) is 4.19. The van der Waals surface area contributed by atoms with Crippen molar-refractivity contribution in [3.8, 4) is 0 Å². The van der Waals surface area contributed by atoms with Crippen LogP contribution < -0.4 is 0 Å². The molecule has 0 aliphatic rings. The molecule has 16 heavy (non-hydrogen) atoms. The van der Waals surface area contributed by atoms with Gasteiger partial charge in [0.1, 0.15) is 0 Å². The van der Waals surface area contributed by atoms with Gasteiger partial charge in [0.25, 0.3) is 0 Å². The van der Waals surface area contributed by atoms with E-state index in [4.69, 9.17) is 0 Å². The number of rotatable bonds is 10. The molecule has 4 atom stereocenters. The SMILES string of the molecule is CCCC(C)PC=CCCPC(C)CCC. The van der Waals surface area contributed by atoms with Crippen LogP contribution in [0.3, 0.4) is 0 Å². The molecule has 0 saturated heterocycles. The third kappa shape index (κ3) is 11.1. The van der Waals surface area contributed by atoms with Crippen molar-refractivity contribution in [2.24, 2.45) is 0 Å². The van der Waals surface area contributed by atoms with Crippen molar-refractivity contribution in [3.63, 3.8) is 0 Å². The van der Waals surface area contributed by atoms with E-state index in [1.807, 2.05) is 0 Å². The summed E-state index contributed by atoms with van der Waals surface area (Å²) in [5.74, 6) is 2.43. The van der Waals surface area contributed by atoms with Gasteiger partial charge in [0.2, 0.25) is 0 Å². The van der Waals surface area contributed by atoms with Gasteiger partial charge in [-0.05, 0) is 36.7 Å². The third-order valence-corrected chi connectivity index (χ3v) is 5.59. The molecule has 0 spiro atoms. The Labute approximate surface area is 107 Å². The normalized spacial score (nSPS) is 17.0. The molecule has 96 valence electrons. The summed E-state index contributed by atoms with van der Waals surface area (Å²) in [6.45, 7) is 9.34. The number of hydrogen-bond acceptors (Lipinski definition) is 0. The lowest BCUT2D eigenvalue weighted by atomic mass is 10.3. The molecule has 0 rings (SSSR count). The van der Waals surface area contributed by atoms with Crippen molar-refractivity contribution in [1.29, 1.82) is 0 Å². The molecule has 0 N–H and O–H groups in total. The van der Waals surface area contributed by atoms with Crippen LogP contribution in [0, 0.1) is 0 Å². The minimum Gasteiger partial charge on any atom is -0.119 e. The van der Waals surface area contributed by atoms with E-state index < -0.39 is 0 Å². The molecule has 0 radical (unpaired) electrons. The maximum Gasteiger partial charge on any atom is -0.0231 e. The molecule has 0 nitrogen and oxygen atoms in total. The molecule has 0 aromatic rings. The Hall–Kier alpha value is 0.600. The van der Waals surface area contributed by atoms with Crippen LogP contribution in [0.2, 0.25) is 0 Å². The largest absolute Gasteiger partial charge is 0.119 e. The molecule has 0 heterocycles. The van der Waals surface area contributed by atoms with E-state index in [0.717, 1.165) is 19.9 Å². The van der Waals surface area contributed by atoms with E-state index in [1.54, 1.807) is 0 Å². The zero-order valence-electron chi connectivity index (χ0n) is 11.6. The van der Waals surface area contributed by atoms with Crippen LogP contribution in [0.15, 0.2) is 11.9 Å². The van der Waals surface area contributed by atoms with E-state index in [-0.39, 0.29) is 0 Å². The van der Waals surface area contributed by atoms with Crippen LogP contribution in [0.5, 0.6) is 0 Å². The first kappa shape index (κ1) is 16.6. The van der Waals surface area contributed by atoms with Gasteiger partial charge in [-0.15, -0.1) is 8.58 Å². The quantitative estimate of drug-likeness (QED) is 0.353. The molecule has 0 saturated carbocycles. The molecule has 0 bridgehead atoms. The van der Waals surface area contributed by atoms with Crippen molar-refractivity contribution < 1.29 is 0 Å². The van der Waals surface area contributed by atoms with Gasteiger partial charge in [-0.25, -0.2) is 0 Å². The van der Waals surface area contributed by atoms with Crippen molar-refractivity contribution in [2.45, 2.75) is 71.1 Å². The minimum absolute atomic E-state index is 0.905. The highest BCUT2D eigenvalue weighted by molar-refractivity contribution is 7.42. The van der Waals surface area contributed by atoms with Gasteiger partial charge in [0, 0.05) is 0 Å². The lowest BCUT2D eigenvalue weighted by molar-refractivity contribution is 0.782. The van der Waals surface area contributed by atoms with Crippen molar-refractivity contribution >= 4 is 17.2 Å². The van der Waals surface area contributed by atoms with Crippen molar-refractivity contribution in [2.75, 3.05) is 6.16 Å². The Balaban J connectivity index is 3.33. The summed E-state index contributed by atoms with van der Waals surface area (Å²) in [6, 6.07) is 0. The number of hydrogen-bond donors (Lipinski definition) is 0. The molecule has 4 unspecified atom stereocenters. The second-order valence-electron chi connectivity index (χ2n) is 4.69. The van der Waals surface area contributed by atoms with E-state index in [9.17, 15) is 0 Å². The maximum absolute atomic E-state index is 2.43. The Morgan fingerprint density at radius 2 is 1.62 bits per heavy atom. The highest BCUT2D eigenvalue weighted by Crippen LogP contribution is 2.26. The smallest absolute Gasteiger partial charge is 0.0231 e. The van der Waals surface area contributed by atoms with Gasteiger partial charge in [0.15, 0.2) is 0 Å². The van der Waals surface area contributed by atoms with Gasteiger partial charge in [-0.2, -0.15) is 0 Å². The average molecular weight is 260 g/mol. The summed E-state index contributed by atoms with van der Waals surface area (Å²) in [6.07, 6.45) is 10.6. The van der Waals surface area contributed by atoms with Crippen LogP contribution in [0.1, 0.15) is 59.8 Å². The Kier molecular flexibility index (Phi) is 12.5. The summed E-state index contributed by atoms with van der Waals surface area (Å²) in [7, 11) is 2.21. The zero-order chi connectivity index (χ0) is 12.2. The van der Waals surface area contributed by atoms with Crippen LogP contribution in [0.25, 0.3) is 0 Å². The first-order chi connectivity index (χ1) is 7.70. The minimum atomic E-state index is 0.905. The molecule has 2 heteroatoms. The van der Waals surface area contributed by atoms with Crippen LogP contribution in [0.4, 0.5) is 0 Å². The van der Waals surface area contributed by atoms with Gasteiger partial charge < -0.3 is 0 Å². The average Bonchev–Trinajstić information content (AvgIpc) is 2.24. The first-order valence-corrected chi connectivity index (χ1v) is 9.29. The Bertz CT molecular complexity index is 166. The van der Waals surface area contributed by atoms with Gasteiger partial charge >= 0.3 is 0 Å². The lowest BCUT2D eigenvalue weighted by Gasteiger charge is -2.08. The highest BCUT2D eigenvalue weighted by Gasteiger charge is 1.98. The van der Waals surface area contributed by atoms with Crippen LogP contribution >= 0.6 is 17.2 Å². The third-order valence-electron chi connectivity index (χ3n) is 2.75. The van der Waals surface area contributed by atoms with Crippen LogP contribution in [-0.2, 0) is 0 Å². The van der Waals surface area contributed by atoms with Crippen LogP contribution in [-0.4, -0.2) is 17.5 Å². The predicted octanol–water partition coefficient (Wildman–Crippen LogP) is 5.62. The van der Waals surface area contributed by atoms with E-state index in [0.29, 0.717) is 0 Å². The maximum atomic E-state index is 2.43. The summed E-state index contributed by atoms with van der Waals surface area (Å²) < 4.78 is 0. The van der Waals surface area contributed by atoms with Gasteiger partial charge in [-0.3, -0.25) is 0 Å². The molecule has 0 aromatic carbocycles. The summed E-state index contributed by atoms with van der Waals surface area (Å²) in [5.41, 5.74) is 1.86. The van der Waals surface area contributed by atoms with E-state index >= 15 is 0 Å². The fraction of sp³-hybridized carbons (Fsp3) is 0.857. The summed E-state index contributed by atoms with van der Waals surface area (Å²) in [5, 5.41) is 0. The van der Waals surface area contributed by atoms with Gasteiger partial charge in [0.05, 0.1) is 0 Å². The lowest BCUT2D eigenvalue weighted by Crippen LogP contribution is -1.93. The monoisotopic (exact) mass is 260 g/mol. The van der Waals surface area contributed by atoms with E-state index in [1.165, 1.54) is 46.8 Å². The molecule has 0 aromatic heterocycles. The highest BCUT2D eigenvalue weighted by atomic mass is 31.1. The topological polar surface area (TPSA) is 0 Å². The second-order valence-corrected chi connectivity index (χ2v) is 8.24. The van der Waals surface area contributed by atoms with Gasteiger partial charge in [-0.1, -0.05) is 61.0 Å². The summed E-state index contributed by atoms with van der Waals surface area (Å²) in [4.78, 5) is 0. The summed E-state index contributed by atoms with van der Waals surface area (Å²) >= 11 is 0. The zero-order valence-corrected chi connectivity index (χ0v) is 13.6. The molecule has 0 aliphatic heterocycles. The fourth-order valence-electron chi connectivity index (χ4n) is 1.78. The molecule has 0 aliphatic carbocycles. The Morgan fingerprint density at radius 1 is 1.00 bits per heavy atom. The molecule has 0 fully saturated rings. The second kappa shape index (κ2) is 12.1. The number of allylic oxidation sites excluding steroid dienone is 1. The van der Waals surface area contributed by atoms with Crippen molar-refractivity contribution in [3.05, 3.63) is 11.9 Å². The van der Waals surface area contributed by atoms with Crippen molar-refractivity contribution in [1.82, 2.24) is 0 Å². The molecule has 0 amide bonds. The Morgan fingerprint density at radius 3 is 2.25 bits per heavy atom. The molecular weight excluding hydrogens is 230 g/mol.